The van der Waals surface area contributed by atoms with Gasteiger partial charge in [0.05, 0.1) is 11.3 Å². The minimum absolute atomic E-state index is 0.0227. The molecule has 0 aliphatic carbocycles. The van der Waals surface area contributed by atoms with Gasteiger partial charge in [0.1, 0.15) is 30.3 Å². The van der Waals surface area contributed by atoms with Crippen LogP contribution in [0.3, 0.4) is 0 Å². The molecule has 2 heterocycles. The van der Waals surface area contributed by atoms with Crippen molar-refractivity contribution in [3.63, 3.8) is 0 Å². The summed E-state index contributed by atoms with van der Waals surface area (Å²) in [6, 6.07) is 13.8. The standard InChI is InChI=1S/C25H23N3O8S/c1-15(29)35-13-18-14-37-24-21(26-20(30)11-16-5-3-2-4-6-16)23(31)27(24)22(18)25(32)36-12-17-7-9-19(10-8-17)28(33)34/h2-10,21,24H,11-14H2,1H3,(H,26,30)/t21?,24-/m0/s1. The van der Waals surface area contributed by atoms with E-state index < -0.39 is 34.2 Å². The second-order valence-electron chi connectivity index (χ2n) is 8.35. The van der Waals surface area contributed by atoms with Crippen LogP contribution in [0.15, 0.2) is 65.9 Å². The maximum Gasteiger partial charge on any atom is 0.355 e. The summed E-state index contributed by atoms with van der Waals surface area (Å²) in [5, 5.41) is 13.1. The highest BCUT2D eigenvalue weighted by Crippen LogP contribution is 2.41. The number of nitrogens with zero attached hydrogens (tertiary/aromatic N) is 2. The first-order valence-corrected chi connectivity index (χ1v) is 12.3. The van der Waals surface area contributed by atoms with E-state index in [4.69, 9.17) is 9.47 Å². The van der Waals surface area contributed by atoms with Gasteiger partial charge < -0.3 is 14.8 Å². The lowest BCUT2D eigenvalue weighted by Crippen LogP contribution is -2.70. The number of hydrogen-bond acceptors (Lipinski definition) is 9. The number of carbonyl (C=O) groups excluding carboxylic acids is 4. The van der Waals surface area contributed by atoms with E-state index in [1.165, 1.54) is 47.9 Å². The molecule has 192 valence electrons. The number of ether oxygens (including phenoxy) is 2. The maximum absolute atomic E-state index is 13.1. The molecule has 2 aromatic carbocycles. The van der Waals surface area contributed by atoms with Crippen molar-refractivity contribution >= 4 is 41.2 Å². The average Bonchev–Trinajstić information content (AvgIpc) is 2.89. The topological polar surface area (TPSA) is 145 Å². The van der Waals surface area contributed by atoms with Crippen LogP contribution in [0.5, 0.6) is 0 Å². The van der Waals surface area contributed by atoms with Crippen molar-refractivity contribution in [1.82, 2.24) is 10.2 Å². The van der Waals surface area contributed by atoms with E-state index in [0.29, 0.717) is 11.1 Å². The Morgan fingerprint density at radius 1 is 1.05 bits per heavy atom. The van der Waals surface area contributed by atoms with Crippen molar-refractivity contribution in [3.05, 3.63) is 87.1 Å². The Balaban J connectivity index is 1.46. The Kier molecular flexibility index (Phi) is 7.87. The molecule has 37 heavy (non-hydrogen) atoms. The van der Waals surface area contributed by atoms with Crippen LogP contribution in [0.25, 0.3) is 0 Å². The monoisotopic (exact) mass is 525 g/mol. The largest absolute Gasteiger partial charge is 0.461 e. The van der Waals surface area contributed by atoms with Gasteiger partial charge in [0.2, 0.25) is 5.91 Å². The van der Waals surface area contributed by atoms with Crippen molar-refractivity contribution in [2.24, 2.45) is 0 Å². The van der Waals surface area contributed by atoms with Gasteiger partial charge >= 0.3 is 11.9 Å². The molecule has 0 aromatic heterocycles. The van der Waals surface area contributed by atoms with Crippen molar-refractivity contribution in [1.29, 1.82) is 0 Å². The third-order valence-electron chi connectivity index (χ3n) is 5.73. The molecule has 0 bridgehead atoms. The third kappa shape index (κ3) is 5.97. The number of nitrogens with one attached hydrogen (secondary N) is 1. The molecule has 1 unspecified atom stereocenters. The van der Waals surface area contributed by atoms with E-state index in [1.54, 1.807) is 0 Å². The van der Waals surface area contributed by atoms with E-state index in [9.17, 15) is 29.3 Å². The molecule has 11 nitrogen and oxygen atoms in total. The van der Waals surface area contributed by atoms with Crippen molar-refractivity contribution in [3.8, 4) is 0 Å². The Morgan fingerprint density at radius 2 is 1.76 bits per heavy atom. The number of amides is 2. The Labute approximate surface area is 215 Å². The van der Waals surface area contributed by atoms with Crippen LogP contribution >= 0.6 is 11.8 Å². The van der Waals surface area contributed by atoms with Crippen LogP contribution in [-0.4, -0.2) is 57.4 Å². The third-order valence-corrected chi connectivity index (χ3v) is 7.07. The second-order valence-corrected chi connectivity index (χ2v) is 9.45. The SMILES string of the molecule is CC(=O)OCC1=C(C(=O)OCc2ccc([N+](=O)[O-])cc2)N2C(=O)C(NC(=O)Cc3ccccc3)[C@@H]2SC1. The molecule has 12 heteroatoms. The van der Waals surface area contributed by atoms with Gasteiger partial charge in [0.25, 0.3) is 11.6 Å². The normalized spacial score (nSPS) is 18.4. The minimum Gasteiger partial charge on any atom is -0.461 e. The Bertz CT molecular complexity index is 1260. The van der Waals surface area contributed by atoms with Crippen LogP contribution in [-0.2, 0) is 41.7 Å². The molecule has 0 radical (unpaired) electrons. The number of nitro groups is 1. The number of non-ortho nitro benzene ring substituents is 1. The zero-order chi connectivity index (χ0) is 26.5. The first-order chi connectivity index (χ1) is 17.7. The zero-order valence-electron chi connectivity index (χ0n) is 19.7. The Morgan fingerprint density at radius 3 is 2.41 bits per heavy atom. The smallest absolute Gasteiger partial charge is 0.355 e. The van der Waals surface area contributed by atoms with Gasteiger partial charge in [-0.3, -0.25) is 29.4 Å². The number of esters is 2. The van der Waals surface area contributed by atoms with Crippen LogP contribution in [0.1, 0.15) is 18.1 Å². The van der Waals surface area contributed by atoms with Crippen LogP contribution in [0.2, 0.25) is 0 Å². The fourth-order valence-electron chi connectivity index (χ4n) is 3.91. The van der Waals surface area contributed by atoms with E-state index in [-0.39, 0.29) is 42.7 Å². The number of hydrogen-bond donors (Lipinski definition) is 1. The van der Waals surface area contributed by atoms with E-state index in [2.05, 4.69) is 5.32 Å². The molecule has 2 atom stereocenters. The van der Waals surface area contributed by atoms with E-state index in [1.807, 2.05) is 30.3 Å². The molecule has 2 aromatic rings. The molecule has 4 rings (SSSR count). The van der Waals surface area contributed by atoms with Gasteiger partial charge in [0.15, 0.2) is 0 Å². The zero-order valence-corrected chi connectivity index (χ0v) is 20.6. The van der Waals surface area contributed by atoms with Crippen LogP contribution in [0.4, 0.5) is 5.69 Å². The molecule has 0 spiro atoms. The molecule has 2 aliphatic rings. The number of rotatable bonds is 9. The molecule has 1 N–H and O–H groups in total. The lowest BCUT2D eigenvalue weighted by atomic mass is 10.0. The van der Waals surface area contributed by atoms with Gasteiger partial charge in [-0.2, -0.15) is 0 Å². The van der Waals surface area contributed by atoms with Gasteiger partial charge in [-0.15, -0.1) is 11.8 Å². The number of thioether (sulfide) groups is 1. The molecule has 0 saturated carbocycles. The van der Waals surface area contributed by atoms with Gasteiger partial charge in [-0.05, 0) is 23.3 Å². The summed E-state index contributed by atoms with van der Waals surface area (Å²) in [6.07, 6.45) is 0.111. The summed E-state index contributed by atoms with van der Waals surface area (Å²) in [4.78, 5) is 61.6. The minimum atomic E-state index is -0.811. The first kappa shape index (κ1) is 25.9. The summed E-state index contributed by atoms with van der Waals surface area (Å²) in [5.41, 5.74) is 1.61. The second kappa shape index (κ2) is 11.2. The number of nitro benzene ring substituents is 1. The number of carbonyl (C=O) groups is 4. The summed E-state index contributed by atoms with van der Waals surface area (Å²) in [7, 11) is 0. The van der Waals surface area contributed by atoms with Crippen LogP contribution in [0, 0.1) is 10.1 Å². The summed E-state index contributed by atoms with van der Waals surface area (Å²) < 4.78 is 10.5. The number of benzene rings is 2. The molecule has 2 aliphatic heterocycles. The van der Waals surface area contributed by atoms with E-state index >= 15 is 0 Å². The molecular formula is C25H23N3O8S. The quantitative estimate of drug-likeness (QED) is 0.225. The molecule has 2 amide bonds. The van der Waals surface area contributed by atoms with Gasteiger partial charge in [-0.1, -0.05) is 30.3 Å². The highest BCUT2D eigenvalue weighted by molar-refractivity contribution is 8.00. The lowest BCUT2D eigenvalue weighted by molar-refractivity contribution is -0.384. The highest BCUT2D eigenvalue weighted by atomic mass is 32.2. The predicted octanol–water partition coefficient (Wildman–Crippen LogP) is 2.10. The van der Waals surface area contributed by atoms with Gasteiger partial charge in [0, 0.05) is 30.4 Å². The first-order valence-electron chi connectivity index (χ1n) is 11.3. The molecular weight excluding hydrogens is 502 g/mol. The van der Waals surface area contributed by atoms with Gasteiger partial charge in [-0.25, -0.2) is 4.79 Å². The van der Waals surface area contributed by atoms with Crippen molar-refractivity contribution < 1.29 is 33.6 Å². The van der Waals surface area contributed by atoms with Crippen molar-refractivity contribution in [2.75, 3.05) is 12.4 Å². The fourth-order valence-corrected chi connectivity index (χ4v) is 5.24. The van der Waals surface area contributed by atoms with Crippen LogP contribution < -0.4 is 5.32 Å². The average molecular weight is 526 g/mol. The summed E-state index contributed by atoms with van der Waals surface area (Å²) >= 11 is 1.34. The Hall–Kier alpha value is -4.19. The van der Waals surface area contributed by atoms with E-state index in [0.717, 1.165) is 5.56 Å². The maximum atomic E-state index is 13.1. The predicted molar refractivity (Wildman–Crippen MR) is 132 cm³/mol. The highest BCUT2D eigenvalue weighted by Gasteiger charge is 2.54. The number of β-lactam (4-membered cyclic amide) rings is 1. The lowest BCUT2D eigenvalue weighted by Gasteiger charge is -2.49. The number of fused-ring (bicyclic) bond motifs is 1. The summed E-state index contributed by atoms with van der Waals surface area (Å²) in [5.74, 6) is -1.84. The molecule has 1 saturated heterocycles. The summed E-state index contributed by atoms with van der Waals surface area (Å²) in [6.45, 7) is 0.864. The van der Waals surface area contributed by atoms with Crippen molar-refractivity contribution in [2.45, 2.75) is 31.4 Å². The fraction of sp³-hybridized carbons (Fsp3) is 0.280. The molecule has 1 fully saturated rings.